The van der Waals surface area contributed by atoms with E-state index in [1.54, 1.807) is 25.2 Å². The van der Waals surface area contributed by atoms with Crippen LogP contribution in [0.1, 0.15) is 5.56 Å². The van der Waals surface area contributed by atoms with Gasteiger partial charge in [-0.2, -0.15) is 4.31 Å². The monoisotopic (exact) mass is 312 g/mol. The molecular formula is C14H20N2O4S. The molecular weight excluding hydrogens is 292 g/mol. The molecule has 2 aliphatic rings. The molecule has 0 saturated carbocycles. The predicted octanol–water partition coefficient (Wildman–Crippen LogP) is 0.230. The molecule has 21 heavy (non-hydrogen) atoms. The molecule has 1 N–H and O–H groups in total. The Morgan fingerprint density at radius 2 is 2.24 bits per heavy atom. The van der Waals surface area contributed by atoms with E-state index in [-0.39, 0.29) is 6.10 Å². The lowest BCUT2D eigenvalue weighted by atomic mass is 10.2. The molecule has 6 nitrogen and oxygen atoms in total. The quantitative estimate of drug-likeness (QED) is 0.862. The first-order valence-electron chi connectivity index (χ1n) is 7.12. The highest BCUT2D eigenvalue weighted by Gasteiger charge is 2.26. The molecule has 7 heteroatoms. The van der Waals surface area contributed by atoms with Gasteiger partial charge in [-0.25, -0.2) is 8.42 Å². The van der Waals surface area contributed by atoms with Gasteiger partial charge in [0, 0.05) is 33.1 Å². The van der Waals surface area contributed by atoms with E-state index in [2.05, 4.69) is 5.32 Å². The summed E-state index contributed by atoms with van der Waals surface area (Å²) in [6.07, 6.45) is 0.661. The average Bonchev–Trinajstić information content (AvgIpc) is 2.95. The molecule has 3 rings (SSSR count). The van der Waals surface area contributed by atoms with Gasteiger partial charge in [0.15, 0.2) is 0 Å². The van der Waals surface area contributed by atoms with Gasteiger partial charge in [0.05, 0.1) is 24.2 Å². The van der Waals surface area contributed by atoms with E-state index in [0.29, 0.717) is 31.2 Å². The summed E-state index contributed by atoms with van der Waals surface area (Å²) in [4.78, 5) is 0.318. The zero-order valence-electron chi connectivity index (χ0n) is 12.0. The smallest absolute Gasteiger partial charge is 0.242 e. The van der Waals surface area contributed by atoms with Crippen molar-refractivity contribution in [3.05, 3.63) is 23.8 Å². The number of likely N-dealkylation sites (N-methyl/N-ethyl adjacent to an activating group) is 1. The second-order valence-corrected chi connectivity index (χ2v) is 7.40. The third-order valence-electron chi connectivity index (χ3n) is 3.83. The number of hydrogen-bond donors (Lipinski definition) is 1. The number of ether oxygens (including phenoxy) is 2. The Morgan fingerprint density at radius 3 is 3.00 bits per heavy atom. The van der Waals surface area contributed by atoms with E-state index >= 15 is 0 Å². The molecule has 1 aromatic carbocycles. The number of morpholine rings is 1. The summed E-state index contributed by atoms with van der Waals surface area (Å²) in [5, 5.41) is 3.20. The summed E-state index contributed by atoms with van der Waals surface area (Å²) in [7, 11) is -1.90. The number of nitrogens with one attached hydrogen (secondary N) is 1. The number of benzene rings is 1. The summed E-state index contributed by atoms with van der Waals surface area (Å²) >= 11 is 0. The van der Waals surface area contributed by atoms with Gasteiger partial charge in [-0.3, -0.25) is 0 Å². The van der Waals surface area contributed by atoms with Crippen molar-refractivity contribution in [3.8, 4) is 5.75 Å². The van der Waals surface area contributed by atoms with Crippen LogP contribution in [0.2, 0.25) is 0 Å². The molecule has 1 atom stereocenters. The van der Waals surface area contributed by atoms with Crippen LogP contribution in [0.3, 0.4) is 0 Å². The molecule has 116 valence electrons. The maximum absolute atomic E-state index is 12.6. The van der Waals surface area contributed by atoms with Crippen molar-refractivity contribution >= 4 is 10.0 Å². The molecule has 2 aliphatic heterocycles. The molecule has 1 fully saturated rings. The fourth-order valence-corrected chi connectivity index (χ4v) is 3.88. The van der Waals surface area contributed by atoms with Crippen molar-refractivity contribution in [2.45, 2.75) is 17.4 Å². The summed E-state index contributed by atoms with van der Waals surface area (Å²) in [5.41, 5.74) is 0.958. The molecule has 0 aliphatic carbocycles. The normalized spacial score (nSPS) is 22.1. The van der Waals surface area contributed by atoms with Crippen LogP contribution in [0.25, 0.3) is 0 Å². The second-order valence-electron chi connectivity index (χ2n) is 5.35. The topological polar surface area (TPSA) is 67.9 Å². The van der Waals surface area contributed by atoms with Gasteiger partial charge in [0.1, 0.15) is 5.75 Å². The number of rotatable bonds is 4. The highest BCUT2D eigenvalue weighted by atomic mass is 32.2. The largest absolute Gasteiger partial charge is 0.493 e. The van der Waals surface area contributed by atoms with E-state index in [9.17, 15) is 8.42 Å². The van der Waals surface area contributed by atoms with Crippen LogP contribution < -0.4 is 10.1 Å². The van der Waals surface area contributed by atoms with Gasteiger partial charge >= 0.3 is 0 Å². The first-order chi connectivity index (χ1) is 10.1. The van der Waals surface area contributed by atoms with Crippen LogP contribution in [-0.2, 0) is 21.2 Å². The van der Waals surface area contributed by atoms with Crippen molar-refractivity contribution in [1.82, 2.24) is 9.62 Å². The van der Waals surface area contributed by atoms with Crippen LogP contribution in [0.4, 0.5) is 0 Å². The number of fused-ring (bicyclic) bond motifs is 1. The minimum absolute atomic E-state index is 0.101. The Labute approximate surface area is 125 Å². The van der Waals surface area contributed by atoms with E-state index < -0.39 is 10.0 Å². The molecule has 2 heterocycles. The Bertz CT molecular complexity index is 611. The maximum atomic E-state index is 12.6. The number of sulfonamides is 1. The van der Waals surface area contributed by atoms with Gasteiger partial charge < -0.3 is 14.8 Å². The Kier molecular flexibility index (Phi) is 4.17. The summed E-state index contributed by atoms with van der Waals surface area (Å²) < 4.78 is 37.6. The summed E-state index contributed by atoms with van der Waals surface area (Å²) in [6.45, 7) is 3.09. The molecule has 1 unspecified atom stereocenters. The lowest BCUT2D eigenvalue weighted by Gasteiger charge is -2.27. The van der Waals surface area contributed by atoms with Gasteiger partial charge in [-0.15, -0.1) is 0 Å². The van der Waals surface area contributed by atoms with Crippen LogP contribution in [0.5, 0.6) is 5.75 Å². The molecule has 0 aromatic heterocycles. The highest BCUT2D eigenvalue weighted by molar-refractivity contribution is 7.89. The first-order valence-corrected chi connectivity index (χ1v) is 8.56. The average molecular weight is 312 g/mol. The Morgan fingerprint density at radius 1 is 1.38 bits per heavy atom. The highest BCUT2D eigenvalue weighted by Crippen LogP contribution is 2.28. The molecule has 0 spiro atoms. The van der Waals surface area contributed by atoms with Crippen LogP contribution in [0.15, 0.2) is 23.1 Å². The Hall–Kier alpha value is -1.15. The van der Waals surface area contributed by atoms with Gasteiger partial charge in [-0.05, 0) is 23.8 Å². The fraction of sp³-hybridized carbons (Fsp3) is 0.571. The molecule has 0 radical (unpaired) electrons. The zero-order chi connectivity index (χ0) is 14.9. The Balaban J connectivity index is 1.75. The molecule has 0 amide bonds. The molecule has 0 bridgehead atoms. The summed E-state index contributed by atoms with van der Waals surface area (Å²) in [6, 6.07) is 5.06. The van der Waals surface area contributed by atoms with E-state index in [4.69, 9.17) is 9.47 Å². The minimum atomic E-state index is -3.49. The van der Waals surface area contributed by atoms with Gasteiger partial charge in [0.25, 0.3) is 0 Å². The van der Waals surface area contributed by atoms with Crippen molar-refractivity contribution in [2.24, 2.45) is 0 Å². The third-order valence-corrected chi connectivity index (χ3v) is 5.65. The van der Waals surface area contributed by atoms with Crippen molar-refractivity contribution in [3.63, 3.8) is 0 Å². The van der Waals surface area contributed by atoms with Crippen molar-refractivity contribution in [2.75, 3.05) is 39.9 Å². The standard InChI is InChI=1S/C14H20N2O4S/c1-16(10-12-9-15-5-7-19-12)21(17,18)13-2-3-14-11(8-13)4-6-20-14/h2-3,8,12,15H,4-7,9-10H2,1H3. The van der Waals surface area contributed by atoms with Crippen molar-refractivity contribution < 1.29 is 17.9 Å². The lowest BCUT2D eigenvalue weighted by Crippen LogP contribution is -2.45. The zero-order valence-corrected chi connectivity index (χ0v) is 12.9. The number of nitrogens with zero attached hydrogens (tertiary/aromatic N) is 1. The third kappa shape index (κ3) is 3.06. The van der Waals surface area contributed by atoms with Crippen molar-refractivity contribution in [1.29, 1.82) is 0 Å². The van der Waals surface area contributed by atoms with Gasteiger partial charge in [0.2, 0.25) is 10.0 Å². The fourth-order valence-electron chi connectivity index (χ4n) is 2.63. The van der Waals surface area contributed by atoms with Crippen LogP contribution >= 0.6 is 0 Å². The van der Waals surface area contributed by atoms with E-state index in [1.165, 1.54) is 4.31 Å². The first kappa shape index (κ1) is 14.8. The predicted molar refractivity (Wildman–Crippen MR) is 78.1 cm³/mol. The van der Waals surface area contributed by atoms with Crippen LogP contribution in [-0.4, -0.2) is 58.7 Å². The number of hydrogen-bond acceptors (Lipinski definition) is 5. The lowest BCUT2D eigenvalue weighted by molar-refractivity contribution is 0.0206. The van der Waals surface area contributed by atoms with Crippen LogP contribution in [0, 0.1) is 0 Å². The van der Waals surface area contributed by atoms with Gasteiger partial charge in [-0.1, -0.05) is 0 Å². The van der Waals surface area contributed by atoms with E-state index in [0.717, 1.165) is 24.3 Å². The molecule has 1 aromatic rings. The summed E-state index contributed by atoms with van der Waals surface area (Å²) in [5.74, 6) is 0.788. The molecule has 1 saturated heterocycles. The maximum Gasteiger partial charge on any atom is 0.242 e. The minimum Gasteiger partial charge on any atom is -0.493 e. The second kappa shape index (κ2) is 5.92. The SMILES string of the molecule is CN(CC1CNCCO1)S(=O)(=O)c1ccc2c(c1)CCO2. The van der Waals surface area contributed by atoms with E-state index in [1.807, 2.05) is 0 Å².